The highest BCUT2D eigenvalue weighted by Gasteiger charge is 2.40. The van der Waals surface area contributed by atoms with Gasteiger partial charge in [-0.15, -0.1) is 11.3 Å². The Hall–Kier alpha value is -2.60. The molecule has 2 aliphatic rings. The minimum atomic E-state index is -4.71. The summed E-state index contributed by atoms with van der Waals surface area (Å²) in [7, 11) is 1.36. The van der Waals surface area contributed by atoms with E-state index in [2.05, 4.69) is 10.3 Å². The van der Waals surface area contributed by atoms with E-state index in [1.54, 1.807) is 0 Å². The molecule has 0 aromatic carbocycles. The lowest BCUT2D eigenvalue weighted by Crippen LogP contribution is -2.58. The van der Waals surface area contributed by atoms with Crippen LogP contribution in [0, 0.1) is 0 Å². The number of carbonyl (C=O) groups excluding carboxylic acids is 2. The largest absolute Gasteiger partial charge is 0.453 e. The molecule has 2 amide bonds. The van der Waals surface area contributed by atoms with E-state index in [1.807, 2.05) is 0 Å². The fourth-order valence-corrected chi connectivity index (χ4v) is 4.32. The summed E-state index contributed by atoms with van der Waals surface area (Å²) in [5.41, 5.74) is -1.23. The number of nitrogens with one attached hydrogen (secondary N) is 1. The van der Waals surface area contributed by atoms with Crippen molar-refractivity contribution in [3.8, 4) is 5.88 Å². The molecule has 0 spiro atoms. The van der Waals surface area contributed by atoms with Gasteiger partial charge in [-0.25, -0.2) is 14.7 Å². The van der Waals surface area contributed by atoms with Gasteiger partial charge in [0, 0.05) is 24.5 Å². The molecule has 162 valence electrons. The number of pyridine rings is 1. The summed E-state index contributed by atoms with van der Waals surface area (Å²) in [6.07, 6.45) is -2.90. The molecule has 30 heavy (non-hydrogen) atoms. The molecular weight excluding hydrogens is 427 g/mol. The van der Waals surface area contributed by atoms with Gasteiger partial charge in [-0.05, 0) is 19.3 Å². The Morgan fingerprint density at radius 1 is 1.30 bits per heavy atom. The van der Waals surface area contributed by atoms with E-state index >= 15 is 0 Å². The average molecular weight is 445 g/mol. The summed E-state index contributed by atoms with van der Waals surface area (Å²) in [5.74, 6) is -1.15. The minimum absolute atomic E-state index is 0.00657. The molecule has 2 fully saturated rings. The Bertz CT molecular complexity index is 958. The van der Waals surface area contributed by atoms with Crippen LogP contribution in [0.3, 0.4) is 0 Å². The Morgan fingerprint density at radius 3 is 2.57 bits per heavy atom. The normalized spacial score (nSPS) is 17.2. The number of carbonyl (C=O) groups is 2. The first-order valence-electron chi connectivity index (χ1n) is 9.25. The molecule has 0 radical (unpaired) electrons. The second kappa shape index (κ2) is 7.91. The molecule has 3 heterocycles. The zero-order valence-corrected chi connectivity index (χ0v) is 16.6. The van der Waals surface area contributed by atoms with Gasteiger partial charge in [-0.1, -0.05) is 0 Å². The van der Waals surface area contributed by atoms with Gasteiger partial charge in [0.05, 0.1) is 40.6 Å². The Labute approximate surface area is 172 Å². The number of aromatic nitrogens is 1. The van der Waals surface area contributed by atoms with Crippen molar-refractivity contribution in [1.82, 2.24) is 15.2 Å². The molecule has 0 unspecified atom stereocenters. The minimum Gasteiger partial charge on any atom is -0.377 e. The third-order valence-electron chi connectivity index (χ3n) is 5.17. The van der Waals surface area contributed by atoms with Crippen molar-refractivity contribution in [2.75, 3.05) is 20.3 Å². The number of amides is 2. The van der Waals surface area contributed by atoms with Crippen LogP contribution < -0.4 is 10.2 Å². The van der Waals surface area contributed by atoms with Crippen LogP contribution in [0.25, 0.3) is 10.2 Å². The summed E-state index contributed by atoms with van der Waals surface area (Å²) in [4.78, 5) is 39.7. The zero-order chi connectivity index (χ0) is 21.5. The molecule has 0 bridgehead atoms. The van der Waals surface area contributed by atoms with E-state index in [9.17, 15) is 22.8 Å². The van der Waals surface area contributed by atoms with Crippen molar-refractivity contribution in [3.05, 3.63) is 22.6 Å². The van der Waals surface area contributed by atoms with E-state index in [1.165, 1.54) is 17.3 Å². The topological polar surface area (TPSA) is 90.0 Å². The van der Waals surface area contributed by atoms with E-state index in [0.717, 1.165) is 30.6 Å². The molecule has 1 saturated heterocycles. The quantitative estimate of drug-likeness (QED) is 0.561. The number of hydrogen-bond donors (Lipinski definition) is 1. The van der Waals surface area contributed by atoms with Gasteiger partial charge in [0.25, 0.3) is 11.8 Å². The van der Waals surface area contributed by atoms with E-state index < -0.39 is 29.6 Å². The van der Waals surface area contributed by atoms with E-state index in [-0.39, 0.29) is 27.9 Å². The van der Waals surface area contributed by atoms with Crippen molar-refractivity contribution in [1.29, 1.82) is 0 Å². The molecule has 12 heteroatoms. The Balaban J connectivity index is 1.60. The van der Waals surface area contributed by atoms with Gasteiger partial charge in [-0.2, -0.15) is 13.2 Å². The standard InChI is InChI=1S/C18H18F3N3O5S/c1-22-16(25)11-8-30-15-12(18(19,20)21)5-13(23-14(11)15)28-29-17(26)24(9-3-2-4-9)10-6-27-7-10/h5,8-10H,2-4,6-7H2,1H3,(H,22,25). The molecule has 2 aromatic heterocycles. The second-order valence-electron chi connectivity index (χ2n) is 7.03. The maximum atomic E-state index is 13.5. The smallest absolute Gasteiger partial charge is 0.377 e. The van der Waals surface area contributed by atoms with Crippen molar-refractivity contribution in [2.24, 2.45) is 0 Å². The van der Waals surface area contributed by atoms with Crippen molar-refractivity contribution >= 4 is 33.6 Å². The number of thiophene rings is 1. The second-order valence-corrected chi connectivity index (χ2v) is 7.91. The fourth-order valence-electron chi connectivity index (χ4n) is 3.30. The molecule has 8 nitrogen and oxygen atoms in total. The van der Waals surface area contributed by atoms with Crippen LogP contribution in [0.1, 0.15) is 35.2 Å². The molecule has 1 saturated carbocycles. The number of nitrogens with zero attached hydrogens (tertiary/aromatic N) is 2. The van der Waals surface area contributed by atoms with Gasteiger partial charge >= 0.3 is 12.3 Å². The summed E-state index contributed by atoms with van der Waals surface area (Å²) in [5, 5.41) is 3.64. The lowest BCUT2D eigenvalue weighted by Gasteiger charge is -2.44. The number of halogens is 3. The number of ether oxygens (including phenoxy) is 1. The molecule has 4 rings (SSSR count). The van der Waals surface area contributed by atoms with Crippen LogP contribution in [0.4, 0.5) is 18.0 Å². The first kappa shape index (κ1) is 20.7. The molecule has 1 aliphatic carbocycles. The molecule has 1 aliphatic heterocycles. The highest BCUT2D eigenvalue weighted by Crippen LogP contribution is 2.40. The van der Waals surface area contributed by atoms with E-state index in [4.69, 9.17) is 14.5 Å². The summed E-state index contributed by atoms with van der Waals surface area (Å²) >= 11 is 0.749. The third kappa shape index (κ3) is 3.76. The van der Waals surface area contributed by atoms with Crippen LogP contribution in [-0.4, -0.2) is 54.2 Å². The molecule has 1 N–H and O–H groups in total. The average Bonchev–Trinajstić information content (AvgIpc) is 3.04. The molecular formula is C18H18F3N3O5S. The van der Waals surface area contributed by atoms with Gasteiger partial charge < -0.3 is 10.1 Å². The zero-order valence-electron chi connectivity index (χ0n) is 15.8. The summed E-state index contributed by atoms with van der Waals surface area (Å²) in [6, 6.07) is 0.497. The first-order chi connectivity index (χ1) is 14.3. The van der Waals surface area contributed by atoms with Crippen molar-refractivity contribution < 1.29 is 37.3 Å². The van der Waals surface area contributed by atoms with Gasteiger partial charge in [0.1, 0.15) is 0 Å². The Kier molecular flexibility index (Phi) is 5.45. The Morgan fingerprint density at radius 2 is 2.03 bits per heavy atom. The summed E-state index contributed by atoms with van der Waals surface area (Å²) < 4.78 is 45.5. The van der Waals surface area contributed by atoms with Gasteiger partial charge in [0.15, 0.2) is 0 Å². The summed E-state index contributed by atoms with van der Waals surface area (Å²) in [6.45, 7) is 0.747. The van der Waals surface area contributed by atoms with Crippen LogP contribution in [-0.2, 0) is 15.8 Å². The molecule has 2 aromatic rings. The molecule has 0 atom stereocenters. The van der Waals surface area contributed by atoms with E-state index in [0.29, 0.717) is 19.3 Å². The number of fused-ring (bicyclic) bond motifs is 1. The van der Waals surface area contributed by atoms with Crippen molar-refractivity contribution in [3.63, 3.8) is 0 Å². The predicted octanol–water partition coefficient (Wildman–Crippen LogP) is 3.36. The van der Waals surface area contributed by atoms with Crippen LogP contribution >= 0.6 is 11.3 Å². The maximum Gasteiger partial charge on any atom is 0.453 e. The third-order valence-corrected chi connectivity index (χ3v) is 6.17. The maximum absolute atomic E-state index is 13.5. The highest BCUT2D eigenvalue weighted by atomic mass is 32.1. The monoisotopic (exact) mass is 445 g/mol. The highest BCUT2D eigenvalue weighted by molar-refractivity contribution is 7.17. The lowest BCUT2D eigenvalue weighted by molar-refractivity contribution is -0.177. The van der Waals surface area contributed by atoms with Crippen LogP contribution in [0.15, 0.2) is 11.4 Å². The van der Waals surface area contributed by atoms with Crippen molar-refractivity contribution in [2.45, 2.75) is 37.5 Å². The van der Waals surface area contributed by atoms with Gasteiger partial charge in [0.2, 0.25) is 0 Å². The fraction of sp³-hybridized carbons (Fsp3) is 0.500. The number of alkyl halides is 3. The van der Waals surface area contributed by atoms with Gasteiger partial charge in [-0.3, -0.25) is 14.6 Å². The lowest BCUT2D eigenvalue weighted by atomic mass is 9.90. The number of rotatable bonds is 5. The predicted molar refractivity (Wildman–Crippen MR) is 99.2 cm³/mol. The van der Waals surface area contributed by atoms with Crippen LogP contribution in [0.2, 0.25) is 0 Å². The number of hydrogen-bond acceptors (Lipinski definition) is 7. The first-order valence-corrected chi connectivity index (χ1v) is 10.1. The van der Waals surface area contributed by atoms with Crippen LogP contribution in [0.5, 0.6) is 5.88 Å². The SMILES string of the molecule is CNC(=O)c1csc2c(C(F)(F)F)cc(OOC(=O)N(C3CCC3)C3COC3)nc12.